The zero-order valence-electron chi connectivity index (χ0n) is 28.5. The Balaban J connectivity index is 1.08. The SMILES string of the molecule is N#Cc1cccc(-c2ccc(N(c3ccc(-c4cccc5c4oc4ccccc45)cc3)c3cccc(-c4ccc5oc6ccccc6c5c4)c3)cc2)c1. The molecule has 0 saturated carbocycles. The van der Waals surface area contributed by atoms with Crippen molar-refractivity contribution in [2.24, 2.45) is 0 Å². The van der Waals surface area contributed by atoms with E-state index in [0.29, 0.717) is 5.56 Å². The third kappa shape index (κ3) is 5.31. The van der Waals surface area contributed by atoms with Crippen LogP contribution in [-0.4, -0.2) is 0 Å². The molecule has 0 N–H and O–H groups in total. The first-order valence-corrected chi connectivity index (χ1v) is 17.6. The summed E-state index contributed by atoms with van der Waals surface area (Å²) >= 11 is 0. The Bertz CT molecular complexity index is 3020. The first-order valence-electron chi connectivity index (χ1n) is 17.6. The van der Waals surface area contributed by atoms with Crippen molar-refractivity contribution in [1.82, 2.24) is 0 Å². The maximum Gasteiger partial charge on any atom is 0.143 e. The molecule has 0 aliphatic rings. The molecule has 4 nitrogen and oxygen atoms in total. The molecule has 8 aromatic carbocycles. The predicted octanol–water partition coefficient (Wildman–Crippen LogP) is 13.8. The maximum atomic E-state index is 9.48. The zero-order chi connectivity index (χ0) is 35.3. The highest BCUT2D eigenvalue weighted by atomic mass is 16.3. The van der Waals surface area contributed by atoms with Gasteiger partial charge >= 0.3 is 0 Å². The molecule has 248 valence electrons. The van der Waals surface area contributed by atoms with E-state index in [2.05, 4.69) is 144 Å². The third-order valence-corrected chi connectivity index (χ3v) is 10.1. The number of nitrogens with zero attached hydrogens (tertiary/aromatic N) is 2. The standard InChI is InChI=1S/C49H30N2O2/c50-31-32-8-5-9-35(28-32)33-18-23-38(24-19-33)51(39-25-20-34(21-26-39)41-14-7-15-44-42-12-1-4-17-47(42)53-49(41)44)40-11-6-10-36(29-40)37-22-27-48-45(30-37)43-13-2-3-16-46(43)52-48/h1-30H. The summed E-state index contributed by atoms with van der Waals surface area (Å²) in [5.41, 5.74) is 13.7. The molecule has 0 atom stereocenters. The van der Waals surface area contributed by atoms with Crippen LogP contribution in [0.15, 0.2) is 191 Å². The van der Waals surface area contributed by atoms with Gasteiger partial charge in [-0.25, -0.2) is 0 Å². The summed E-state index contributed by atoms with van der Waals surface area (Å²) in [6.45, 7) is 0. The molecule has 0 spiro atoms. The van der Waals surface area contributed by atoms with Gasteiger partial charge in [0.2, 0.25) is 0 Å². The van der Waals surface area contributed by atoms with Crippen molar-refractivity contribution in [3.8, 4) is 39.4 Å². The van der Waals surface area contributed by atoms with Gasteiger partial charge in [-0.2, -0.15) is 5.26 Å². The molecule has 2 heterocycles. The Morgan fingerprint density at radius 1 is 0.377 bits per heavy atom. The van der Waals surface area contributed by atoms with E-state index in [1.54, 1.807) is 0 Å². The topological polar surface area (TPSA) is 53.3 Å². The molecule has 10 rings (SSSR count). The molecular weight excluding hydrogens is 649 g/mol. The van der Waals surface area contributed by atoms with Crippen LogP contribution in [-0.2, 0) is 0 Å². The largest absolute Gasteiger partial charge is 0.456 e. The van der Waals surface area contributed by atoms with Gasteiger partial charge in [0, 0.05) is 44.2 Å². The van der Waals surface area contributed by atoms with E-state index in [0.717, 1.165) is 94.3 Å². The molecule has 0 unspecified atom stereocenters. The minimum absolute atomic E-state index is 0.644. The van der Waals surface area contributed by atoms with E-state index >= 15 is 0 Å². The first kappa shape index (κ1) is 30.5. The number of hydrogen-bond acceptors (Lipinski definition) is 4. The fraction of sp³-hybridized carbons (Fsp3) is 0. The number of anilines is 3. The van der Waals surface area contributed by atoms with Crippen LogP contribution in [0.4, 0.5) is 17.1 Å². The van der Waals surface area contributed by atoms with Crippen molar-refractivity contribution in [1.29, 1.82) is 5.26 Å². The molecule has 0 fully saturated rings. The van der Waals surface area contributed by atoms with Crippen molar-refractivity contribution < 1.29 is 8.83 Å². The smallest absolute Gasteiger partial charge is 0.143 e. The lowest BCUT2D eigenvalue weighted by Gasteiger charge is -2.26. The fourth-order valence-corrected chi connectivity index (χ4v) is 7.51. The van der Waals surface area contributed by atoms with Crippen molar-refractivity contribution in [2.45, 2.75) is 0 Å². The van der Waals surface area contributed by atoms with Crippen LogP contribution >= 0.6 is 0 Å². The summed E-state index contributed by atoms with van der Waals surface area (Å²) < 4.78 is 12.5. The quantitative estimate of drug-likeness (QED) is 0.176. The summed E-state index contributed by atoms with van der Waals surface area (Å²) in [5, 5.41) is 13.9. The molecule has 0 saturated heterocycles. The van der Waals surface area contributed by atoms with E-state index in [4.69, 9.17) is 8.83 Å². The summed E-state index contributed by atoms with van der Waals surface area (Å²) in [7, 11) is 0. The van der Waals surface area contributed by atoms with Crippen LogP contribution in [0.5, 0.6) is 0 Å². The Hall–Kier alpha value is -7.35. The predicted molar refractivity (Wildman–Crippen MR) is 217 cm³/mol. The molecule has 0 amide bonds. The molecule has 4 heteroatoms. The number of rotatable bonds is 6. The number of fused-ring (bicyclic) bond motifs is 6. The highest BCUT2D eigenvalue weighted by Gasteiger charge is 2.17. The maximum absolute atomic E-state index is 9.48. The van der Waals surface area contributed by atoms with Crippen molar-refractivity contribution in [3.63, 3.8) is 0 Å². The number of para-hydroxylation sites is 3. The number of benzene rings is 8. The van der Waals surface area contributed by atoms with E-state index in [9.17, 15) is 5.26 Å². The van der Waals surface area contributed by atoms with Gasteiger partial charge in [0.05, 0.1) is 11.6 Å². The number of nitriles is 1. The lowest BCUT2D eigenvalue weighted by atomic mass is 10.00. The highest BCUT2D eigenvalue weighted by Crippen LogP contribution is 2.41. The average Bonchev–Trinajstić information content (AvgIpc) is 3.80. The lowest BCUT2D eigenvalue weighted by molar-refractivity contribution is 0.669. The van der Waals surface area contributed by atoms with Gasteiger partial charge in [-0.05, 0) is 101 Å². The Morgan fingerprint density at radius 2 is 0.943 bits per heavy atom. The minimum Gasteiger partial charge on any atom is -0.456 e. The van der Waals surface area contributed by atoms with E-state index in [1.807, 2.05) is 48.5 Å². The Labute approximate surface area is 306 Å². The van der Waals surface area contributed by atoms with Crippen molar-refractivity contribution >= 4 is 60.9 Å². The molecule has 0 radical (unpaired) electrons. The minimum atomic E-state index is 0.644. The summed E-state index contributed by atoms with van der Waals surface area (Å²) in [5.74, 6) is 0. The van der Waals surface area contributed by atoms with Gasteiger partial charge in [-0.3, -0.25) is 0 Å². The summed E-state index contributed by atoms with van der Waals surface area (Å²) in [4.78, 5) is 2.29. The van der Waals surface area contributed by atoms with Crippen LogP contribution in [0, 0.1) is 11.3 Å². The normalized spacial score (nSPS) is 11.4. The monoisotopic (exact) mass is 678 g/mol. The van der Waals surface area contributed by atoms with Gasteiger partial charge in [-0.1, -0.05) is 109 Å². The molecule has 2 aromatic heterocycles. The van der Waals surface area contributed by atoms with Gasteiger partial charge < -0.3 is 13.7 Å². The van der Waals surface area contributed by atoms with E-state index < -0.39 is 0 Å². The van der Waals surface area contributed by atoms with Crippen LogP contribution < -0.4 is 4.90 Å². The van der Waals surface area contributed by atoms with Crippen LogP contribution in [0.2, 0.25) is 0 Å². The zero-order valence-corrected chi connectivity index (χ0v) is 28.5. The highest BCUT2D eigenvalue weighted by molar-refractivity contribution is 6.09. The number of furan rings is 2. The fourth-order valence-electron chi connectivity index (χ4n) is 7.51. The lowest BCUT2D eigenvalue weighted by Crippen LogP contribution is -2.10. The molecule has 0 aliphatic carbocycles. The first-order chi connectivity index (χ1) is 26.2. The van der Waals surface area contributed by atoms with Crippen molar-refractivity contribution in [3.05, 3.63) is 188 Å². The van der Waals surface area contributed by atoms with Gasteiger partial charge in [-0.15, -0.1) is 0 Å². The van der Waals surface area contributed by atoms with Gasteiger partial charge in [0.25, 0.3) is 0 Å². The Kier molecular flexibility index (Phi) is 7.16. The average molecular weight is 679 g/mol. The van der Waals surface area contributed by atoms with Crippen molar-refractivity contribution in [2.75, 3.05) is 4.90 Å². The van der Waals surface area contributed by atoms with Crippen LogP contribution in [0.25, 0.3) is 77.3 Å². The number of hydrogen-bond donors (Lipinski definition) is 0. The molecule has 0 aliphatic heterocycles. The van der Waals surface area contributed by atoms with Crippen LogP contribution in [0.1, 0.15) is 5.56 Å². The molecule has 53 heavy (non-hydrogen) atoms. The third-order valence-electron chi connectivity index (χ3n) is 10.1. The molecule has 10 aromatic rings. The molecular formula is C49H30N2O2. The van der Waals surface area contributed by atoms with E-state index in [-0.39, 0.29) is 0 Å². The van der Waals surface area contributed by atoms with E-state index in [1.165, 1.54) is 0 Å². The second-order valence-electron chi connectivity index (χ2n) is 13.3. The van der Waals surface area contributed by atoms with Crippen LogP contribution in [0.3, 0.4) is 0 Å². The second-order valence-corrected chi connectivity index (χ2v) is 13.3. The van der Waals surface area contributed by atoms with Gasteiger partial charge in [0.15, 0.2) is 0 Å². The Morgan fingerprint density at radius 3 is 1.70 bits per heavy atom. The summed E-state index contributed by atoms with van der Waals surface area (Å²) in [6, 6.07) is 65.1. The summed E-state index contributed by atoms with van der Waals surface area (Å²) in [6.07, 6.45) is 0. The van der Waals surface area contributed by atoms with Gasteiger partial charge in [0.1, 0.15) is 22.3 Å². The second kappa shape index (κ2) is 12.5. The molecule has 0 bridgehead atoms.